The van der Waals surface area contributed by atoms with Gasteiger partial charge >= 0.3 is 0 Å². The molecule has 0 spiro atoms. The third kappa shape index (κ3) is 5.60. The predicted octanol–water partition coefficient (Wildman–Crippen LogP) is 4.00. The Balaban J connectivity index is 0.00000225. The number of nitrogens with one attached hydrogen (secondary N) is 2. The Labute approximate surface area is 171 Å². The number of nitrogens with zero attached hydrogens (tertiary/aromatic N) is 2. The lowest BCUT2D eigenvalue weighted by Crippen LogP contribution is -2.36. The number of thiophene rings is 1. The molecule has 136 valence electrons. The Bertz CT molecular complexity index is 685. The molecule has 6 heteroatoms. The molecule has 2 N–H and O–H groups in total. The SMILES string of the molecule is CCNC(=NCc1ccsc1)NCc1ccc2c(c1)CCCN2C.I. The highest BCUT2D eigenvalue weighted by atomic mass is 127. The normalized spacial score (nSPS) is 13.8. The third-order valence-corrected chi connectivity index (χ3v) is 5.03. The summed E-state index contributed by atoms with van der Waals surface area (Å²) in [4.78, 5) is 7.01. The average Bonchev–Trinajstić information content (AvgIpc) is 3.11. The molecule has 2 heterocycles. The van der Waals surface area contributed by atoms with Crippen molar-refractivity contribution in [2.24, 2.45) is 4.99 Å². The second-order valence-corrected chi connectivity index (χ2v) is 6.95. The fraction of sp³-hybridized carbons (Fsp3) is 0.421. The highest BCUT2D eigenvalue weighted by molar-refractivity contribution is 14.0. The minimum Gasteiger partial charge on any atom is -0.374 e. The summed E-state index contributed by atoms with van der Waals surface area (Å²) in [6.07, 6.45) is 2.42. The van der Waals surface area contributed by atoms with Crippen molar-refractivity contribution in [2.75, 3.05) is 25.0 Å². The maximum atomic E-state index is 4.66. The van der Waals surface area contributed by atoms with E-state index in [9.17, 15) is 0 Å². The smallest absolute Gasteiger partial charge is 0.191 e. The van der Waals surface area contributed by atoms with E-state index in [-0.39, 0.29) is 24.0 Å². The second-order valence-electron chi connectivity index (χ2n) is 6.17. The topological polar surface area (TPSA) is 39.7 Å². The van der Waals surface area contributed by atoms with Gasteiger partial charge in [0.1, 0.15) is 0 Å². The van der Waals surface area contributed by atoms with Gasteiger partial charge in [-0.15, -0.1) is 24.0 Å². The Hall–Kier alpha value is -1.28. The summed E-state index contributed by atoms with van der Waals surface area (Å²) in [5.74, 6) is 0.874. The molecule has 0 saturated carbocycles. The number of anilines is 1. The Morgan fingerprint density at radius 3 is 2.88 bits per heavy atom. The van der Waals surface area contributed by atoms with Crippen LogP contribution < -0.4 is 15.5 Å². The Morgan fingerprint density at radius 1 is 1.24 bits per heavy atom. The van der Waals surface area contributed by atoms with Gasteiger partial charge in [0.2, 0.25) is 0 Å². The van der Waals surface area contributed by atoms with Gasteiger partial charge in [0.05, 0.1) is 6.54 Å². The van der Waals surface area contributed by atoms with Crippen molar-refractivity contribution in [1.82, 2.24) is 10.6 Å². The zero-order valence-corrected chi connectivity index (χ0v) is 18.1. The Morgan fingerprint density at radius 2 is 2.12 bits per heavy atom. The minimum absolute atomic E-state index is 0. The molecule has 0 amide bonds. The van der Waals surface area contributed by atoms with E-state index in [0.717, 1.165) is 25.6 Å². The van der Waals surface area contributed by atoms with Crippen LogP contribution in [0.2, 0.25) is 0 Å². The van der Waals surface area contributed by atoms with Crippen LogP contribution in [0.4, 0.5) is 5.69 Å². The van der Waals surface area contributed by atoms with Crippen molar-refractivity contribution < 1.29 is 0 Å². The number of rotatable bonds is 5. The summed E-state index contributed by atoms with van der Waals surface area (Å²) in [7, 11) is 2.18. The molecule has 25 heavy (non-hydrogen) atoms. The maximum Gasteiger partial charge on any atom is 0.191 e. The first kappa shape index (κ1) is 20.0. The number of halogens is 1. The molecule has 0 bridgehead atoms. The molecule has 1 aromatic carbocycles. The molecule has 3 rings (SSSR count). The number of fused-ring (bicyclic) bond motifs is 1. The summed E-state index contributed by atoms with van der Waals surface area (Å²) in [5, 5.41) is 11.0. The maximum absolute atomic E-state index is 4.66. The van der Waals surface area contributed by atoms with Crippen LogP contribution in [0.15, 0.2) is 40.0 Å². The molecule has 0 radical (unpaired) electrons. The van der Waals surface area contributed by atoms with Gasteiger partial charge in [-0.2, -0.15) is 11.3 Å². The summed E-state index contributed by atoms with van der Waals surface area (Å²) < 4.78 is 0. The summed E-state index contributed by atoms with van der Waals surface area (Å²) in [6, 6.07) is 8.93. The first-order valence-electron chi connectivity index (χ1n) is 8.62. The highest BCUT2D eigenvalue weighted by Crippen LogP contribution is 2.26. The van der Waals surface area contributed by atoms with Crippen LogP contribution in [0.5, 0.6) is 0 Å². The average molecular weight is 470 g/mol. The lowest BCUT2D eigenvalue weighted by Gasteiger charge is -2.28. The third-order valence-electron chi connectivity index (χ3n) is 4.30. The predicted molar refractivity (Wildman–Crippen MR) is 119 cm³/mol. The van der Waals surface area contributed by atoms with Crippen molar-refractivity contribution in [3.8, 4) is 0 Å². The van der Waals surface area contributed by atoms with Gasteiger partial charge in [-0.05, 0) is 59.3 Å². The van der Waals surface area contributed by atoms with Gasteiger partial charge in [-0.3, -0.25) is 0 Å². The quantitative estimate of drug-likeness (QED) is 0.394. The van der Waals surface area contributed by atoms with E-state index in [4.69, 9.17) is 0 Å². The molecular weight excluding hydrogens is 443 g/mol. The molecule has 4 nitrogen and oxygen atoms in total. The molecule has 1 aliphatic rings. The monoisotopic (exact) mass is 470 g/mol. The lowest BCUT2D eigenvalue weighted by molar-refractivity contribution is 0.740. The largest absolute Gasteiger partial charge is 0.374 e. The van der Waals surface area contributed by atoms with E-state index in [0.29, 0.717) is 6.54 Å². The first-order valence-corrected chi connectivity index (χ1v) is 9.56. The van der Waals surface area contributed by atoms with Crippen molar-refractivity contribution in [2.45, 2.75) is 32.9 Å². The van der Waals surface area contributed by atoms with E-state index in [1.54, 1.807) is 11.3 Å². The van der Waals surface area contributed by atoms with Gasteiger partial charge < -0.3 is 15.5 Å². The summed E-state index contributed by atoms with van der Waals surface area (Å²) in [5.41, 5.74) is 5.41. The number of benzene rings is 1. The molecule has 0 saturated heterocycles. The van der Waals surface area contributed by atoms with Crippen LogP contribution in [0.3, 0.4) is 0 Å². The van der Waals surface area contributed by atoms with Crippen molar-refractivity contribution in [3.63, 3.8) is 0 Å². The van der Waals surface area contributed by atoms with Gasteiger partial charge in [-0.1, -0.05) is 12.1 Å². The fourth-order valence-electron chi connectivity index (χ4n) is 3.03. The summed E-state index contributed by atoms with van der Waals surface area (Å²) in [6.45, 7) is 5.63. The van der Waals surface area contributed by atoms with E-state index in [1.165, 1.54) is 35.2 Å². The van der Waals surface area contributed by atoms with Crippen LogP contribution >= 0.6 is 35.3 Å². The van der Waals surface area contributed by atoms with Gasteiger partial charge in [0.15, 0.2) is 5.96 Å². The second kappa shape index (κ2) is 10.0. The molecular formula is C19H27IN4S. The van der Waals surface area contributed by atoms with E-state index >= 15 is 0 Å². The number of aliphatic imine (C=N–C) groups is 1. The van der Waals surface area contributed by atoms with Gasteiger partial charge in [0.25, 0.3) is 0 Å². The lowest BCUT2D eigenvalue weighted by atomic mass is 9.99. The first-order chi connectivity index (χ1) is 11.8. The highest BCUT2D eigenvalue weighted by Gasteiger charge is 2.13. The molecule has 0 aliphatic carbocycles. The molecule has 2 aromatic rings. The van der Waals surface area contributed by atoms with Crippen molar-refractivity contribution in [3.05, 3.63) is 51.7 Å². The van der Waals surface area contributed by atoms with Crippen LogP contribution in [-0.2, 0) is 19.5 Å². The van der Waals surface area contributed by atoms with Crippen molar-refractivity contribution in [1.29, 1.82) is 0 Å². The number of hydrogen-bond acceptors (Lipinski definition) is 3. The fourth-order valence-corrected chi connectivity index (χ4v) is 3.69. The van der Waals surface area contributed by atoms with Crippen molar-refractivity contribution >= 4 is 47.0 Å². The molecule has 1 aromatic heterocycles. The van der Waals surface area contributed by atoms with Crippen LogP contribution in [0.1, 0.15) is 30.0 Å². The van der Waals surface area contributed by atoms with Crippen LogP contribution in [0.25, 0.3) is 0 Å². The molecule has 0 atom stereocenters. The standard InChI is InChI=1S/C19H26N4S.HI/c1-3-20-19(22-13-16-8-10-24-14-16)21-12-15-6-7-18-17(11-15)5-4-9-23(18)2;/h6-8,10-11,14H,3-5,9,12-13H2,1-2H3,(H2,20,21,22);1H. The minimum atomic E-state index is 0. The van der Waals surface area contributed by atoms with E-state index in [1.807, 2.05) is 0 Å². The zero-order valence-electron chi connectivity index (χ0n) is 14.9. The molecule has 0 unspecified atom stereocenters. The van der Waals surface area contributed by atoms with Gasteiger partial charge in [-0.25, -0.2) is 4.99 Å². The number of aryl methyl sites for hydroxylation is 1. The summed E-state index contributed by atoms with van der Waals surface area (Å²) >= 11 is 1.71. The molecule has 1 aliphatic heterocycles. The number of guanidine groups is 1. The van der Waals surface area contributed by atoms with Crippen LogP contribution in [-0.4, -0.2) is 26.1 Å². The number of hydrogen-bond donors (Lipinski definition) is 2. The van der Waals surface area contributed by atoms with E-state index in [2.05, 4.69) is 69.5 Å². The molecule has 0 fully saturated rings. The van der Waals surface area contributed by atoms with Crippen LogP contribution in [0, 0.1) is 0 Å². The van der Waals surface area contributed by atoms with E-state index < -0.39 is 0 Å². The van der Waals surface area contributed by atoms with Gasteiger partial charge in [0, 0.05) is 32.4 Å². The zero-order chi connectivity index (χ0) is 16.8. The Kier molecular flexibility index (Phi) is 8.02.